The predicted molar refractivity (Wildman–Crippen MR) is 174 cm³/mol. The molecule has 0 saturated carbocycles. The fraction of sp³-hybridized carbons (Fsp3) is 0.944. The molecule has 42 heavy (non-hydrogen) atoms. The first-order valence-electron chi connectivity index (χ1n) is 18.0. The summed E-state index contributed by atoms with van der Waals surface area (Å²) in [5, 5.41) is 17.0. The molecule has 0 aliphatic heterocycles. The first-order chi connectivity index (χ1) is 19.5. The molecule has 262 valence electrons. The third kappa shape index (κ3) is 52.6. The molecule has 0 heterocycles. The summed E-state index contributed by atoms with van der Waals surface area (Å²) in [4.78, 5) is 20.7. The van der Waals surface area contributed by atoms with E-state index in [0.717, 1.165) is 25.7 Å². The van der Waals surface area contributed by atoms with E-state index >= 15 is 0 Å². The average Bonchev–Trinajstić information content (AvgIpc) is 2.93. The maximum absolute atomic E-state index is 10.3. The van der Waals surface area contributed by atoms with Gasteiger partial charge < -0.3 is 10.2 Å². The zero-order valence-electron chi connectivity index (χ0n) is 27.9. The van der Waals surface area contributed by atoms with Crippen molar-refractivity contribution in [1.29, 1.82) is 0 Å². The Labute approximate surface area is 284 Å². The van der Waals surface area contributed by atoms with Crippen LogP contribution >= 0.6 is 0 Å². The smallest absolute Gasteiger partial charge is 0.303 e. The van der Waals surface area contributed by atoms with Crippen molar-refractivity contribution in [2.45, 2.75) is 219 Å². The Hall–Kier alpha value is -0.0210. The molecule has 0 aliphatic rings. The van der Waals surface area contributed by atoms with Crippen LogP contribution in [0.5, 0.6) is 0 Å². The molecule has 0 aromatic heterocycles. The van der Waals surface area contributed by atoms with Crippen LogP contribution < -0.4 is 0 Å². The minimum atomic E-state index is -0.653. The van der Waals surface area contributed by atoms with Crippen molar-refractivity contribution < 1.29 is 53.9 Å². The first kappa shape index (κ1) is 48.9. The Morgan fingerprint density at radius 3 is 0.595 bits per heavy atom. The number of hydrogen-bond donors (Lipinski definition) is 2. The standard InChI is InChI=1S/2C18H36O2.2Cu/c2*1-2-3-4-5-6-7-8-9-10-11-12-13-14-15-16-17-18(19)20;;/h2*2-17H2,1H3,(H,19,20);;. The third-order valence-corrected chi connectivity index (χ3v) is 7.99. The molecule has 0 aromatic rings. The van der Waals surface area contributed by atoms with E-state index in [4.69, 9.17) is 10.2 Å². The van der Waals surface area contributed by atoms with Crippen molar-refractivity contribution in [3.8, 4) is 0 Å². The Balaban J connectivity index is -0.000000328. The molecule has 0 unspecified atom stereocenters. The summed E-state index contributed by atoms with van der Waals surface area (Å²) in [5.41, 5.74) is 0. The van der Waals surface area contributed by atoms with Crippen molar-refractivity contribution in [2.75, 3.05) is 0 Å². The van der Waals surface area contributed by atoms with Gasteiger partial charge in [0.2, 0.25) is 0 Å². The van der Waals surface area contributed by atoms with Crippen molar-refractivity contribution in [1.82, 2.24) is 0 Å². The molecule has 0 saturated heterocycles. The topological polar surface area (TPSA) is 74.6 Å². The number of rotatable bonds is 32. The molecule has 4 nitrogen and oxygen atoms in total. The summed E-state index contributed by atoms with van der Waals surface area (Å²) in [7, 11) is 0. The van der Waals surface area contributed by atoms with Gasteiger partial charge in [0.05, 0.1) is 0 Å². The molecule has 0 aliphatic carbocycles. The van der Waals surface area contributed by atoms with Gasteiger partial charge in [-0.1, -0.05) is 194 Å². The van der Waals surface area contributed by atoms with Crippen molar-refractivity contribution in [3.63, 3.8) is 0 Å². The van der Waals surface area contributed by atoms with Crippen LogP contribution in [-0.2, 0) is 43.7 Å². The normalized spacial score (nSPS) is 10.3. The number of unbranched alkanes of at least 4 members (excludes halogenated alkanes) is 28. The molecule has 0 spiro atoms. The van der Waals surface area contributed by atoms with Gasteiger partial charge in [-0.2, -0.15) is 0 Å². The van der Waals surface area contributed by atoms with Crippen molar-refractivity contribution >= 4 is 11.9 Å². The molecule has 2 radical (unpaired) electrons. The maximum Gasteiger partial charge on any atom is 0.303 e. The van der Waals surface area contributed by atoms with E-state index in [1.165, 1.54) is 167 Å². The fourth-order valence-electron chi connectivity index (χ4n) is 5.30. The van der Waals surface area contributed by atoms with E-state index in [0.29, 0.717) is 12.8 Å². The molecule has 0 atom stereocenters. The zero-order valence-corrected chi connectivity index (χ0v) is 29.8. The Morgan fingerprint density at radius 2 is 0.452 bits per heavy atom. The van der Waals surface area contributed by atoms with Crippen LogP contribution in [0.2, 0.25) is 0 Å². The molecule has 0 aromatic carbocycles. The van der Waals surface area contributed by atoms with E-state index < -0.39 is 11.9 Å². The monoisotopic (exact) mass is 694 g/mol. The van der Waals surface area contributed by atoms with Gasteiger partial charge in [-0.3, -0.25) is 9.59 Å². The summed E-state index contributed by atoms with van der Waals surface area (Å²) >= 11 is 0. The molecular formula is C36H72Cu2O4. The summed E-state index contributed by atoms with van der Waals surface area (Å²) in [6.45, 7) is 4.54. The number of carboxylic acid groups (broad SMARTS) is 2. The van der Waals surface area contributed by atoms with Gasteiger partial charge in [0.1, 0.15) is 0 Å². The van der Waals surface area contributed by atoms with Crippen LogP contribution in [0.1, 0.15) is 219 Å². The van der Waals surface area contributed by atoms with Crippen LogP contribution in [0.15, 0.2) is 0 Å². The number of aliphatic carboxylic acids is 2. The third-order valence-electron chi connectivity index (χ3n) is 7.99. The quantitative estimate of drug-likeness (QED) is 0.0543. The largest absolute Gasteiger partial charge is 0.481 e. The minimum absolute atomic E-state index is 0. The summed E-state index contributed by atoms with van der Waals surface area (Å²) in [6.07, 6.45) is 40.4. The van der Waals surface area contributed by atoms with Crippen LogP contribution in [0.3, 0.4) is 0 Å². The van der Waals surface area contributed by atoms with Crippen LogP contribution in [0, 0.1) is 0 Å². The summed E-state index contributed by atoms with van der Waals surface area (Å²) in [5.74, 6) is -1.31. The van der Waals surface area contributed by atoms with E-state index in [-0.39, 0.29) is 34.1 Å². The second-order valence-corrected chi connectivity index (χ2v) is 12.2. The molecule has 6 heteroatoms. The first-order valence-corrected chi connectivity index (χ1v) is 18.0. The minimum Gasteiger partial charge on any atom is -0.481 e. The molecule has 2 N–H and O–H groups in total. The number of carboxylic acids is 2. The molecule has 0 fully saturated rings. The van der Waals surface area contributed by atoms with Gasteiger partial charge >= 0.3 is 11.9 Å². The molecular weight excluding hydrogens is 623 g/mol. The second-order valence-electron chi connectivity index (χ2n) is 12.2. The zero-order chi connectivity index (χ0) is 29.8. The number of carbonyl (C=O) groups is 2. The Bertz CT molecular complexity index is 459. The van der Waals surface area contributed by atoms with Gasteiger partial charge in [0.25, 0.3) is 0 Å². The van der Waals surface area contributed by atoms with Gasteiger partial charge in [0, 0.05) is 47.0 Å². The SMILES string of the molecule is CCCCCCCCCCCCCCCCCC(=O)O.CCCCCCCCCCCCCCCCCC(=O)O.[Cu].[Cu]. The Kier molecular flexibility index (Phi) is 52.8. The van der Waals surface area contributed by atoms with Crippen LogP contribution in [0.25, 0.3) is 0 Å². The van der Waals surface area contributed by atoms with Gasteiger partial charge in [0.15, 0.2) is 0 Å². The van der Waals surface area contributed by atoms with E-state index in [1.807, 2.05) is 0 Å². The fourth-order valence-corrected chi connectivity index (χ4v) is 5.30. The maximum atomic E-state index is 10.3. The predicted octanol–water partition coefficient (Wildman–Crippen LogP) is 12.7. The van der Waals surface area contributed by atoms with Crippen LogP contribution in [-0.4, -0.2) is 22.2 Å². The van der Waals surface area contributed by atoms with Crippen molar-refractivity contribution in [3.05, 3.63) is 0 Å². The van der Waals surface area contributed by atoms with E-state index in [1.54, 1.807) is 0 Å². The molecule has 0 rings (SSSR count). The molecule has 0 bridgehead atoms. The number of hydrogen-bond acceptors (Lipinski definition) is 2. The second kappa shape index (κ2) is 45.4. The summed E-state index contributed by atoms with van der Waals surface area (Å²) < 4.78 is 0. The van der Waals surface area contributed by atoms with Gasteiger partial charge in [-0.15, -0.1) is 0 Å². The summed E-state index contributed by atoms with van der Waals surface area (Å²) in [6, 6.07) is 0. The average molecular weight is 696 g/mol. The van der Waals surface area contributed by atoms with Gasteiger partial charge in [-0.05, 0) is 12.8 Å². The van der Waals surface area contributed by atoms with E-state index in [2.05, 4.69) is 13.8 Å². The Morgan fingerprint density at radius 1 is 0.310 bits per heavy atom. The van der Waals surface area contributed by atoms with E-state index in [9.17, 15) is 9.59 Å². The van der Waals surface area contributed by atoms with Gasteiger partial charge in [-0.25, -0.2) is 0 Å². The molecule has 0 amide bonds. The van der Waals surface area contributed by atoms with Crippen LogP contribution in [0.4, 0.5) is 0 Å². The van der Waals surface area contributed by atoms with Crippen molar-refractivity contribution in [2.24, 2.45) is 0 Å².